The molecule has 2 unspecified atom stereocenters. The van der Waals surface area contributed by atoms with E-state index in [0.717, 1.165) is 18.0 Å². The van der Waals surface area contributed by atoms with Gasteiger partial charge in [-0.3, -0.25) is 4.90 Å². The summed E-state index contributed by atoms with van der Waals surface area (Å²) in [5.74, 6) is 0. The second kappa shape index (κ2) is 5.13. The van der Waals surface area contributed by atoms with Crippen LogP contribution in [0.2, 0.25) is 5.02 Å². The van der Waals surface area contributed by atoms with E-state index in [1.807, 2.05) is 12.1 Å². The third-order valence-electron chi connectivity index (χ3n) is 3.44. The maximum absolute atomic E-state index is 5.89. The highest BCUT2D eigenvalue weighted by Crippen LogP contribution is 2.25. The summed E-state index contributed by atoms with van der Waals surface area (Å²) in [5, 5.41) is 0.811. The van der Waals surface area contributed by atoms with Crippen molar-refractivity contribution in [2.45, 2.75) is 19.0 Å². The van der Waals surface area contributed by atoms with Crippen molar-refractivity contribution >= 4 is 11.6 Å². The number of halogens is 1. The second-order valence-corrected chi connectivity index (χ2v) is 5.34. The first kappa shape index (κ1) is 11.8. The fourth-order valence-electron chi connectivity index (χ4n) is 2.32. The van der Waals surface area contributed by atoms with Crippen LogP contribution in [0.4, 0.5) is 0 Å². The van der Waals surface area contributed by atoms with Gasteiger partial charge >= 0.3 is 0 Å². The number of hydrogen-bond acceptors (Lipinski definition) is 1. The molecule has 0 N–H and O–H groups in total. The first-order chi connectivity index (χ1) is 8.81. The van der Waals surface area contributed by atoms with Gasteiger partial charge < -0.3 is 0 Å². The Morgan fingerprint density at radius 1 is 0.944 bits per heavy atom. The van der Waals surface area contributed by atoms with E-state index in [1.165, 1.54) is 17.7 Å². The highest BCUT2D eigenvalue weighted by molar-refractivity contribution is 6.30. The lowest BCUT2D eigenvalue weighted by Crippen LogP contribution is -2.04. The first-order valence-corrected chi connectivity index (χ1v) is 6.71. The van der Waals surface area contributed by atoms with Gasteiger partial charge in [-0.15, -0.1) is 0 Å². The zero-order valence-corrected chi connectivity index (χ0v) is 11.0. The summed E-state index contributed by atoms with van der Waals surface area (Å²) >= 11 is 5.89. The summed E-state index contributed by atoms with van der Waals surface area (Å²) in [5.41, 5.74) is 2.77. The van der Waals surface area contributed by atoms with E-state index in [2.05, 4.69) is 47.4 Å². The first-order valence-electron chi connectivity index (χ1n) is 6.34. The average molecular weight is 258 g/mol. The molecule has 1 fully saturated rings. The Bertz CT molecular complexity index is 506. The van der Waals surface area contributed by atoms with Gasteiger partial charge in [-0.25, -0.2) is 0 Å². The molecule has 2 aromatic rings. The lowest BCUT2D eigenvalue weighted by Gasteiger charge is -2.04. The Hall–Kier alpha value is -1.31. The molecule has 1 saturated heterocycles. The zero-order valence-electron chi connectivity index (χ0n) is 10.2. The molecule has 1 aliphatic rings. The lowest BCUT2D eigenvalue weighted by molar-refractivity contribution is 0.499. The van der Waals surface area contributed by atoms with Gasteiger partial charge in [0.1, 0.15) is 0 Å². The van der Waals surface area contributed by atoms with E-state index in [-0.39, 0.29) is 0 Å². The van der Waals surface area contributed by atoms with Crippen LogP contribution in [-0.4, -0.2) is 17.5 Å². The van der Waals surface area contributed by atoms with E-state index in [1.54, 1.807) is 0 Å². The van der Waals surface area contributed by atoms with Gasteiger partial charge in [-0.1, -0.05) is 54.1 Å². The van der Waals surface area contributed by atoms with Crippen LogP contribution in [0.15, 0.2) is 54.6 Å². The summed E-state index contributed by atoms with van der Waals surface area (Å²) in [7, 11) is 0. The zero-order chi connectivity index (χ0) is 12.4. The molecule has 0 spiro atoms. The predicted octanol–water partition coefficient (Wildman–Crippen LogP) is 3.77. The number of nitrogens with zero attached hydrogens (tertiary/aromatic N) is 1. The number of hydrogen-bond donors (Lipinski definition) is 0. The highest BCUT2D eigenvalue weighted by Gasteiger charge is 2.33. The van der Waals surface area contributed by atoms with E-state index in [4.69, 9.17) is 11.6 Å². The fraction of sp³-hybridized carbons (Fsp3) is 0.250. The van der Waals surface area contributed by atoms with Crippen LogP contribution in [0.25, 0.3) is 0 Å². The van der Waals surface area contributed by atoms with Gasteiger partial charge in [0.2, 0.25) is 0 Å². The Kier molecular flexibility index (Phi) is 3.35. The van der Waals surface area contributed by atoms with Crippen LogP contribution in [0.3, 0.4) is 0 Å². The van der Waals surface area contributed by atoms with Crippen LogP contribution >= 0.6 is 11.6 Å². The fourth-order valence-corrected chi connectivity index (χ4v) is 2.45. The average Bonchev–Trinajstić information content (AvgIpc) is 3.11. The molecule has 1 aliphatic heterocycles. The molecule has 1 heterocycles. The van der Waals surface area contributed by atoms with Crippen LogP contribution < -0.4 is 0 Å². The van der Waals surface area contributed by atoms with Gasteiger partial charge in [0.15, 0.2) is 0 Å². The minimum absolute atomic E-state index is 0.711. The van der Waals surface area contributed by atoms with Gasteiger partial charge in [0.05, 0.1) is 0 Å². The lowest BCUT2D eigenvalue weighted by atomic mass is 10.1. The van der Waals surface area contributed by atoms with Crippen molar-refractivity contribution in [3.05, 3.63) is 70.7 Å². The largest absolute Gasteiger partial charge is 0.293 e. The van der Waals surface area contributed by atoms with Crippen molar-refractivity contribution < 1.29 is 0 Å². The molecule has 0 saturated carbocycles. The molecule has 18 heavy (non-hydrogen) atoms. The maximum atomic E-state index is 5.89. The molecule has 1 nitrogen and oxygen atoms in total. The minimum atomic E-state index is 0.711. The van der Waals surface area contributed by atoms with Crippen molar-refractivity contribution in [2.24, 2.45) is 0 Å². The molecule has 92 valence electrons. The molecule has 0 bridgehead atoms. The molecule has 2 aromatic carbocycles. The van der Waals surface area contributed by atoms with Crippen LogP contribution in [0.5, 0.6) is 0 Å². The summed E-state index contributed by atoms with van der Waals surface area (Å²) in [6.07, 6.45) is 1.16. The molecule has 0 aromatic heterocycles. The summed E-state index contributed by atoms with van der Waals surface area (Å²) < 4.78 is 0. The van der Waals surface area contributed by atoms with Gasteiger partial charge in [0.25, 0.3) is 0 Å². The van der Waals surface area contributed by atoms with E-state index in [9.17, 15) is 0 Å². The number of benzene rings is 2. The molecular weight excluding hydrogens is 242 g/mol. The molecular formula is C16H16ClN. The van der Waals surface area contributed by atoms with Crippen molar-refractivity contribution in [1.29, 1.82) is 0 Å². The smallest absolute Gasteiger partial charge is 0.0406 e. The van der Waals surface area contributed by atoms with Gasteiger partial charge in [-0.05, 0) is 29.7 Å². The van der Waals surface area contributed by atoms with Crippen molar-refractivity contribution in [3.8, 4) is 0 Å². The van der Waals surface area contributed by atoms with E-state index < -0.39 is 0 Å². The number of rotatable bonds is 4. The van der Waals surface area contributed by atoms with Crippen LogP contribution in [-0.2, 0) is 13.0 Å². The van der Waals surface area contributed by atoms with Crippen molar-refractivity contribution in [3.63, 3.8) is 0 Å². The summed E-state index contributed by atoms with van der Waals surface area (Å²) in [4.78, 5) is 2.50. The third-order valence-corrected chi connectivity index (χ3v) is 3.69. The quantitative estimate of drug-likeness (QED) is 0.754. The maximum Gasteiger partial charge on any atom is 0.0406 e. The minimum Gasteiger partial charge on any atom is -0.293 e. The Morgan fingerprint density at radius 3 is 2.39 bits per heavy atom. The molecule has 0 amide bonds. The summed E-state index contributed by atoms with van der Waals surface area (Å²) in [6.45, 7) is 2.24. The van der Waals surface area contributed by atoms with E-state index in [0.29, 0.717) is 6.04 Å². The normalized spacial score (nSPS) is 21.8. The Labute approximate surface area is 113 Å². The van der Waals surface area contributed by atoms with Crippen LogP contribution in [0, 0.1) is 0 Å². The third kappa shape index (κ3) is 2.92. The van der Waals surface area contributed by atoms with Crippen molar-refractivity contribution in [2.75, 3.05) is 6.54 Å². The Morgan fingerprint density at radius 2 is 1.67 bits per heavy atom. The second-order valence-electron chi connectivity index (χ2n) is 4.90. The highest BCUT2D eigenvalue weighted by atomic mass is 35.5. The summed E-state index contributed by atoms with van der Waals surface area (Å²) in [6, 6.07) is 19.6. The molecule has 0 aliphatic carbocycles. The molecule has 2 heteroatoms. The monoisotopic (exact) mass is 257 g/mol. The van der Waals surface area contributed by atoms with Gasteiger partial charge in [-0.2, -0.15) is 0 Å². The topological polar surface area (TPSA) is 3.01 Å². The predicted molar refractivity (Wildman–Crippen MR) is 75.8 cm³/mol. The molecule has 3 rings (SSSR count). The molecule has 0 radical (unpaired) electrons. The molecule has 2 atom stereocenters. The standard InChI is InChI=1S/C16H16ClN/c17-15-8-6-14(7-9-15)11-18-12-16(18)10-13-4-2-1-3-5-13/h1-9,16H,10-12H2. The Balaban J connectivity index is 1.54. The van der Waals surface area contributed by atoms with Crippen molar-refractivity contribution in [1.82, 2.24) is 4.90 Å². The van der Waals surface area contributed by atoms with E-state index >= 15 is 0 Å². The van der Waals surface area contributed by atoms with Gasteiger partial charge in [0, 0.05) is 24.2 Å². The van der Waals surface area contributed by atoms with Crippen LogP contribution in [0.1, 0.15) is 11.1 Å². The SMILES string of the molecule is Clc1ccc(CN2CC2Cc2ccccc2)cc1.